The second-order valence-electron chi connectivity index (χ2n) is 4.18. The lowest BCUT2D eigenvalue weighted by atomic mass is 10.0. The third-order valence-corrected chi connectivity index (χ3v) is 3.06. The molecular formula is C13H18N2O2. The van der Waals surface area contributed by atoms with Gasteiger partial charge in [-0.1, -0.05) is 0 Å². The van der Waals surface area contributed by atoms with Gasteiger partial charge in [0.1, 0.15) is 5.75 Å². The van der Waals surface area contributed by atoms with Crippen LogP contribution in [-0.4, -0.2) is 26.1 Å². The maximum Gasteiger partial charge on any atom is 0.228 e. The Kier molecular flexibility index (Phi) is 3.64. The molecule has 0 radical (unpaired) electrons. The van der Waals surface area contributed by atoms with Gasteiger partial charge in [0.25, 0.3) is 0 Å². The molecule has 1 aliphatic heterocycles. The van der Waals surface area contributed by atoms with Gasteiger partial charge in [-0.05, 0) is 36.6 Å². The molecule has 0 unspecified atom stereocenters. The number of carbonyl (C=O) groups is 1. The highest BCUT2D eigenvalue weighted by molar-refractivity contribution is 5.94. The average molecular weight is 234 g/mol. The van der Waals surface area contributed by atoms with Crippen molar-refractivity contribution in [2.45, 2.75) is 19.3 Å². The molecule has 1 aromatic rings. The molecule has 2 rings (SSSR count). The highest BCUT2D eigenvalue weighted by Crippen LogP contribution is 2.30. The number of methoxy groups -OCH3 is 1. The summed E-state index contributed by atoms with van der Waals surface area (Å²) in [6.45, 7) is 1.19. The molecule has 0 fully saturated rings. The van der Waals surface area contributed by atoms with E-state index < -0.39 is 0 Å². The van der Waals surface area contributed by atoms with Crippen molar-refractivity contribution in [3.63, 3.8) is 0 Å². The van der Waals surface area contributed by atoms with Gasteiger partial charge in [0.2, 0.25) is 5.91 Å². The van der Waals surface area contributed by atoms with Crippen molar-refractivity contribution in [3.8, 4) is 5.75 Å². The van der Waals surface area contributed by atoms with Gasteiger partial charge in [-0.25, -0.2) is 0 Å². The normalized spacial score (nSPS) is 14.4. The van der Waals surface area contributed by atoms with Crippen LogP contribution in [0.15, 0.2) is 18.2 Å². The molecule has 0 aromatic heterocycles. The summed E-state index contributed by atoms with van der Waals surface area (Å²) < 4.78 is 5.20. The van der Waals surface area contributed by atoms with Gasteiger partial charge in [0, 0.05) is 25.2 Å². The minimum absolute atomic E-state index is 0.110. The second-order valence-corrected chi connectivity index (χ2v) is 4.18. The highest BCUT2D eigenvalue weighted by atomic mass is 16.5. The van der Waals surface area contributed by atoms with E-state index in [1.807, 2.05) is 23.1 Å². The van der Waals surface area contributed by atoms with Gasteiger partial charge >= 0.3 is 0 Å². The quantitative estimate of drug-likeness (QED) is 0.858. The molecule has 92 valence electrons. The van der Waals surface area contributed by atoms with Crippen LogP contribution in [0, 0.1) is 0 Å². The summed E-state index contributed by atoms with van der Waals surface area (Å²) in [7, 11) is 1.65. The zero-order valence-corrected chi connectivity index (χ0v) is 10.1. The third-order valence-electron chi connectivity index (χ3n) is 3.06. The molecule has 2 N–H and O–H groups in total. The van der Waals surface area contributed by atoms with Gasteiger partial charge in [0.05, 0.1) is 7.11 Å². The minimum Gasteiger partial charge on any atom is -0.497 e. The maximum atomic E-state index is 11.9. The molecule has 4 heteroatoms. The fourth-order valence-electron chi connectivity index (χ4n) is 2.22. The lowest BCUT2D eigenvalue weighted by Gasteiger charge is -2.29. The van der Waals surface area contributed by atoms with E-state index in [4.69, 9.17) is 10.5 Å². The van der Waals surface area contributed by atoms with E-state index in [9.17, 15) is 4.79 Å². The Bertz CT molecular complexity index is 418. The molecule has 17 heavy (non-hydrogen) atoms. The fraction of sp³-hybridized carbons (Fsp3) is 0.462. The summed E-state index contributed by atoms with van der Waals surface area (Å²) in [5.41, 5.74) is 7.63. The SMILES string of the molecule is COc1ccc2c(c1)CCCN2C(=O)CCN. The number of hydrogen-bond acceptors (Lipinski definition) is 3. The molecule has 0 saturated heterocycles. The molecule has 0 saturated carbocycles. The molecule has 0 atom stereocenters. The van der Waals surface area contributed by atoms with Crippen LogP contribution in [0.3, 0.4) is 0 Å². The summed E-state index contributed by atoms with van der Waals surface area (Å²) in [6.07, 6.45) is 2.40. The largest absolute Gasteiger partial charge is 0.497 e. The van der Waals surface area contributed by atoms with Crippen molar-refractivity contribution in [1.29, 1.82) is 0 Å². The second kappa shape index (κ2) is 5.19. The van der Waals surface area contributed by atoms with E-state index in [1.54, 1.807) is 7.11 Å². The zero-order chi connectivity index (χ0) is 12.3. The number of ether oxygens (including phenoxy) is 1. The number of aryl methyl sites for hydroxylation is 1. The number of fused-ring (bicyclic) bond motifs is 1. The van der Waals surface area contributed by atoms with Crippen LogP contribution in [0.2, 0.25) is 0 Å². The van der Waals surface area contributed by atoms with Crippen LogP contribution in [0.1, 0.15) is 18.4 Å². The van der Waals surface area contributed by atoms with Crippen molar-refractivity contribution in [2.24, 2.45) is 5.73 Å². The van der Waals surface area contributed by atoms with Crippen LogP contribution in [-0.2, 0) is 11.2 Å². The number of nitrogens with zero attached hydrogens (tertiary/aromatic N) is 1. The summed E-state index contributed by atoms with van der Waals surface area (Å²) in [5, 5.41) is 0. The van der Waals surface area contributed by atoms with Crippen molar-refractivity contribution >= 4 is 11.6 Å². The summed E-state index contributed by atoms with van der Waals surface area (Å²) >= 11 is 0. The lowest BCUT2D eigenvalue weighted by molar-refractivity contribution is -0.118. The molecule has 0 aliphatic carbocycles. The molecule has 4 nitrogen and oxygen atoms in total. The number of benzene rings is 1. The first-order valence-corrected chi connectivity index (χ1v) is 5.93. The molecular weight excluding hydrogens is 216 g/mol. The molecule has 1 amide bonds. The summed E-state index contributed by atoms with van der Waals surface area (Å²) in [4.78, 5) is 13.8. The van der Waals surface area contributed by atoms with Crippen LogP contribution in [0.5, 0.6) is 5.75 Å². The van der Waals surface area contributed by atoms with Gasteiger partial charge in [-0.3, -0.25) is 4.79 Å². The molecule has 0 bridgehead atoms. The topological polar surface area (TPSA) is 55.6 Å². The Labute approximate surface area is 101 Å². The lowest BCUT2D eigenvalue weighted by Crippen LogP contribution is -2.36. The van der Waals surface area contributed by atoms with E-state index in [0.29, 0.717) is 13.0 Å². The molecule has 1 aliphatic rings. The van der Waals surface area contributed by atoms with Crippen molar-refractivity contribution in [3.05, 3.63) is 23.8 Å². The number of rotatable bonds is 3. The average Bonchev–Trinajstić information content (AvgIpc) is 2.37. The van der Waals surface area contributed by atoms with Gasteiger partial charge in [-0.2, -0.15) is 0 Å². The minimum atomic E-state index is 0.110. The Balaban J connectivity index is 2.28. The predicted octanol–water partition coefficient (Wildman–Crippen LogP) is 1.32. The number of hydrogen-bond donors (Lipinski definition) is 1. The van der Waals surface area contributed by atoms with Crippen molar-refractivity contribution in [1.82, 2.24) is 0 Å². The van der Waals surface area contributed by atoms with E-state index in [2.05, 4.69) is 0 Å². The Morgan fingerprint density at radius 2 is 2.35 bits per heavy atom. The van der Waals surface area contributed by atoms with Crippen LogP contribution < -0.4 is 15.4 Å². The standard InChI is InChI=1S/C13H18N2O2/c1-17-11-4-5-12-10(9-11)3-2-8-15(12)13(16)6-7-14/h4-5,9H,2-3,6-8,14H2,1H3. The van der Waals surface area contributed by atoms with Crippen LogP contribution >= 0.6 is 0 Å². The maximum absolute atomic E-state index is 11.9. The fourth-order valence-corrected chi connectivity index (χ4v) is 2.22. The molecule has 1 heterocycles. The Morgan fingerprint density at radius 1 is 1.53 bits per heavy atom. The number of anilines is 1. The van der Waals surface area contributed by atoms with Gasteiger partial charge < -0.3 is 15.4 Å². The van der Waals surface area contributed by atoms with Gasteiger partial charge in [0.15, 0.2) is 0 Å². The van der Waals surface area contributed by atoms with E-state index in [1.165, 1.54) is 5.56 Å². The van der Waals surface area contributed by atoms with E-state index >= 15 is 0 Å². The first-order chi connectivity index (χ1) is 8.26. The Hall–Kier alpha value is -1.55. The monoisotopic (exact) mass is 234 g/mol. The molecule has 1 aromatic carbocycles. The van der Waals surface area contributed by atoms with Gasteiger partial charge in [-0.15, -0.1) is 0 Å². The first kappa shape index (κ1) is 11.9. The third kappa shape index (κ3) is 2.42. The van der Waals surface area contributed by atoms with E-state index in [-0.39, 0.29) is 5.91 Å². The summed E-state index contributed by atoms with van der Waals surface area (Å²) in [6, 6.07) is 5.87. The van der Waals surface area contributed by atoms with Crippen LogP contribution in [0.4, 0.5) is 5.69 Å². The van der Waals surface area contributed by atoms with Crippen molar-refractivity contribution < 1.29 is 9.53 Å². The van der Waals surface area contributed by atoms with E-state index in [0.717, 1.165) is 30.8 Å². The summed E-state index contributed by atoms with van der Waals surface area (Å²) in [5.74, 6) is 0.954. The first-order valence-electron chi connectivity index (χ1n) is 5.93. The van der Waals surface area contributed by atoms with Crippen molar-refractivity contribution in [2.75, 3.05) is 25.1 Å². The predicted molar refractivity (Wildman–Crippen MR) is 67.3 cm³/mol. The number of amides is 1. The molecule has 0 spiro atoms. The number of carbonyl (C=O) groups excluding carboxylic acids is 1. The Morgan fingerprint density at radius 3 is 3.06 bits per heavy atom. The smallest absolute Gasteiger partial charge is 0.228 e. The number of nitrogens with two attached hydrogens (primary N) is 1. The zero-order valence-electron chi connectivity index (χ0n) is 10.1. The van der Waals surface area contributed by atoms with Crippen LogP contribution in [0.25, 0.3) is 0 Å². The highest BCUT2D eigenvalue weighted by Gasteiger charge is 2.21.